The van der Waals surface area contributed by atoms with Crippen molar-refractivity contribution in [3.8, 4) is 0 Å². The molecular weight excluding hydrogens is 179 g/mol. The summed E-state index contributed by atoms with van der Waals surface area (Å²) < 4.78 is 9.10. The smallest absolute Gasteiger partial charge is 1.00 e. The van der Waals surface area contributed by atoms with Crippen LogP contribution >= 0.6 is 7.47 Å². The normalized spacial score (nSPS) is 8.29. The van der Waals surface area contributed by atoms with Crippen LogP contribution in [0.3, 0.4) is 0 Å². The first kappa shape index (κ1) is 15.8. The van der Waals surface area contributed by atoms with Crippen LogP contribution < -0.4 is 0 Å². The van der Waals surface area contributed by atoms with Crippen molar-refractivity contribution in [1.29, 1.82) is 0 Å². The summed E-state index contributed by atoms with van der Waals surface area (Å²) in [6.45, 7) is 0. The van der Waals surface area contributed by atoms with Crippen molar-refractivity contribution in [2.24, 2.45) is 0 Å². The molecule has 0 heterocycles. The molecule has 3 nitrogen and oxygen atoms in total. The molecule has 0 aliphatic rings. The predicted molar refractivity (Wildman–Crippen MR) is 25.8 cm³/mol. The second-order valence-electron chi connectivity index (χ2n) is 0.589. The molecule has 0 rings (SSSR count). The standard InChI is InChI=1S/BH2O3P.Mg.Zn.2H/c1-5(2,3)4;;;;/h(H2,2,3,4);;;;/q;+2;;2*-1. The van der Waals surface area contributed by atoms with Gasteiger partial charge < -0.3 is 12.6 Å². The number of hydrogen-bond acceptors (Lipinski definition) is 1. The first-order chi connectivity index (χ1) is 2.00. The van der Waals surface area contributed by atoms with Gasteiger partial charge in [-0.2, -0.15) is 0 Å². The first-order valence-electron chi connectivity index (χ1n) is 0.841. The zero-order valence-corrected chi connectivity index (χ0v) is 9.02. The Kier molecular flexibility index (Phi) is 13.0. The molecule has 0 aliphatic carbocycles. The van der Waals surface area contributed by atoms with E-state index in [1.807, 2.05) is 0 Å². The van der Waals surface area contributed by atoms with E-state index in [1.165, 1.54) is 0 Å². The van der Waals surface area contributed by atoms with Gasteiger partial charge in [0.25, 0.3) is 7.47 Å². The molecule has 0 aromatic heterocycles. The van der Waals surface area contributed by atoms with Gasteiger partial charge in [0.1, 0.15) is 0 Å². The Labute approximate surface area is 74.7 Å². The average molecular weight is 184 g/mol. The molecule has 0 spiro atoms. The third-order valence-corrected chi connectivity index (χ3v) is 0. The molecule has 0 unspecified atom stereocenters. The summed E-state index contributed by atoms with van der Waals surface area (Å²) in [6, 6.07) is 0. The van der Waals surface area contributed by atoms with Crippen LogP contribution in [-0.2, 0) is 24.0 Å². The van der Waals surface area contributed by atoms with Crippen molar-refractivity contribution in [3.63, 3.8) is 0 Å². The minimum absolute atomic E-state index is 0. The SMILES string of the molecule is [B]P(=O)(O)O.[H-].[H-].[Mg+2].[Zn]. The fourth-order valence-corrected chi connectivity index (χ4v) is 0. The second kappa shape index (κ2) is 5.74. The predicted octanol–water partition coefficient (Wildman–Crippen LogP) is -0.911. The van der Waals surface area contributed by atoms with Crippen molar-refractivity contribution >= 4 is 38.1 Å². The maximum atomic E-state index is 9.10. The summed E-state index contributed by atoms with van der Waals surface area (Å²) >= 11 is 0. The van der Waals surface area contributed by atoms with Gasteiger partial charge >= 0.3 is 23.1 Å². The van der Waals surface area contributed by atoms with Crippen LogP contribution in [0, 0.1) is 0 Å². The molecule has 2 N–H and O–H groups in total. The Bertz CT molecular complexity index is 67.9. The molecule has 0 saturated carbocycles. The minimum Gasteiger partial charge on any atom is -1.00 e. The molecule has 34 valence electrons. The van der Waals surface area contributed by atoms with E-state index >= 15 is 0 Å². The summed E-state index contributed by atoms with van der Waals surface area (Å²) in [5.74, 6) is 0. The van der Waals surface area contributed by atoms with Gasteiger partial charge in [0.15, 0.2) is 0 Å². The van der Waals surface area contributed by atoms with E-state index in [4.69, 9.17) is 14.4 Å². The van der Waals surface area contributed by atoms with E-state index in [0.717, 1.165) is 0 Å². The third-order valence-electron chi connectivity index (χ3n) is 0. The van der Waals surface area contributed by atoms with Gasteiger partial charge in [0.2, 0.25) is 7.57 Å². The molecule has 0 fully saturated rings. The Balaban J connectivity index is -0.0000000133. The Morgan fingerprint density at radius 3 is 1.57 bits per heavy atom. The van der Waals surface area contributed by atoms with Crippen molar-refractivity contribution in [2.75, 3.05) is 0 Å². The van der Waals surface area contributed by atoms with Crippen LogP contribution in [0.4, 0.5) is 0 Å². The van der Waals surface area contributed by atoms with Crippen LogP contribution in [0.15, 0.2) is 0 Å². The van der Waals surface area contributed by atoms with E-state index in [-0.39, 0.29) is 45.4 Å². The monoisotopic (exact) mass is 182 g/mol. The van der Waals surface area contributed by atoms with Gasteiger partial charge in [0.05, 0.1) is 0 Å². The van der Waals surface area contributed by atoms with E-state index in [2.05, 4.69) is 7.57 Å². The molecule has 7 heavy (non-hydrogen) atoms. The van der Waals surface area contributed by atoms with E-state index in [9.17, 15) is 0 Å². The molecule has 0 atom stereocenters. The fraction of sp³-hybridized carbons (Fsp3) is 0. The van der Waals surface area contributed by atoms with Crippen LogP contribution in [-0.4, -0.2) is 40.4 Å². The van der Waals surface area contributed by atoms with E-state index in [1.54, 1.807) is 0 Å². The number of rotatable bonds is 0. The Morgan fingerprint density at radius 2 is 1.57 bits per heavy atom. The third kappa shape index (κ3) is 92.8. The van der Waals surface area contributed by atoms with Crippen molar-refractivity contribution < 1.29 is 36.7 Å². The maximum Gasteiger partial charge on any atom is 2.00 e. The van der Waals surface area contributed by atoms with Crippen LogP contribution in [0.2, 0.25) is 0 Å². The summed E-state index contributed by atoms with van der Waals surface area (Å²) in [4.78, 5) is 14.8. The molecule has 0 aromatic rings. The van der Waals surface area contributed by atoms with Crippen molar-refractivity contribution in [2.45, 2.75) is 0 Å². The van der Waals surface area contributed by atoms with Gasteiger partial charge in [0, 0.05) is 19.5 Å². The topological polar surface area (TPSA) is 57.5 Å². The van der Waals surface area contributed by atoms with Crippen LogP contribution in [0.5, 0.6) is 0 Å². The molecule has 0 bridgehead atoms. The Morgan fingerprint density at radius 1 is 1.57 bits per heavy atom. The maximum absolute atomic E-state index is 9.10. The average Bonchev–Trinajstić information content (AvgIpc) is 0.722. The van der Waals surface area contributed by atoms with Gasteiger partial charge in [-0.1, -0.05) is 0 Å². The second-order valence-corrected chi connectivity index (χ2v) is 1.77. The zero-order valence-electron chi connectivity index (χ0n) is 5.74. The molecule has 0 saturated heterocycles. The summed E-state index contributed by atoms with van der Waals surface area (Å²) in [7, 11) is -0.118. The number of hydrogen-bond donors (Lipinski definition) is 2. The summed E-state index contributed by atoms with van der Waals surface area (Å²) in [5, 5.41) is 0. The quantitative estimate of drug-likeness (QED) is 0.378. The van der Waals surface area contributed by atoms with Crippen molar-refractivity contribution in [3.05, 3.63) is 0 Å². The van der Waals surface area contributed by atoms with E-state index < -0.39 is 7.47 Å². The fourth-order valence-electron chi connectivity index (χ4n) is 0. The molecular formula is H4BMgO3PZn. The van der Waals surface area contributed by atoms with Gasteiger partial charge in [-0.25, -0.2) is 0 Å². The molecule has 2 radical (unpaired) electrons. The Hall–Kier alpha value is 1.60. The zero-order chi connectivity index (χ0) is 4.50. The van der Waals surface area contributed by atoms with Gasteiger partial charge in [-0.15, -0.1) is 0 Å². The van der Waals surface area contributed by atoms with Gasteiger partial charge in [-0.3, -0.25) is 4.57 Å². The largest absolute Gasteiger partial charge is 2.00 e. The molecule has 0 aliphatic heterocycles. The minimum atomic E-state index is -4.14. The van der Waals surface area contributed by atoms with Gasteiger partial charge in [-0.05, 0) is 0 Å². The first-order valence-corrected chi connectivity index (χ1v) is 2.52. The van der Waals surface area contributed by atoms with Crippen LogP contribution in [0.1, 0.15) is 2.85 Å². The van der Waals surface area contributed by atoms with Crippen molar-refractivity contribution in [1.82, 2.24) is 0 Å². The molecule has 7 heteroatoms. The summed E-state index contributed by atoms with van der Waals surface area (Å²) in [5.41, 5.74) is 0. The van der Waals surface area contributed by atoms with Crippen LogP contribution in [0.25, 0.3) is 0 Å². The van der Waals surface area contributed by atoms with E-state index in [0.29, 0.717) is 0 Å². The molecule has 0 amide bonds. The summed E-state index contributed by atoms with van der Waals surface area (Å²) in [6.07, 6.45) is 0. The molecule has 0 aromatic carbocycles.